The molecule has 0 bridgehead atoms. The van der Waals surface area contributed by atoms with E-state index in [-0.39, 0.29) is 6.61 Å². The monoisotopic (exact) mass is 292 g/mol. The Morgan fingerprint density at radius 2 is 1.75 bits per heavy atom. The van der Waals surface area contributed by atoms with Gasteiger partial charge >= 0.3 is 17.9 Å². The molecule has 1 heterocycles. The fraction of sp³-hybridized carbons (Fsp3) is 0.750. The van der Waals surface area contributed by atoms with Gasteiger partial charge in [-0.15, -0.1) is 0 Å². The lowest BCUT2D eigenvalue weighted by Gasteiger charge is -2.31. The summed E-state index contributed by atoms with van der Waals surface area (Å²) in [6.07, 6.45) is -2.11. The zero-order valence-electron chi connectivity index (χ0n) is 11.5. The van der Waals surface area contributed by atoms with E-state index in [4.69, 9.17) is 18.9 Å². The third-order valence-corrected chi connectivity index (χ3v) is 2.75. The van der Waals surface area contributed by atoms with Crippen molar-refractivity contribution in [3.63, 3.8) is 0 Å². The van der Waals surface area contributed by atoms with Gasteiger partial charge in [0, 0.05) is 20.8 Å². The third kappa shape index (κ3) is 3.89. The summed E-state index contributed by atoms with van der Waals surface area (Å²) in [6, 6.07) is 0. The van der Waals surface area contributed by atoms with Crippen LogP contribution in [0.5, 0.6) is 0 Å². The van der Waals surface area contributed by atoms with Gasteiger partial charge < -0.3 is 18.9 Å². The fourth-order valence-corrected chi connectivity index (χ4v) is 1.93. The molecule has 3 atom stereocenters. The Hall–Kier alpha value is -1.70. The van der Waals surface area contributed by atoms with Crippen molar-refractivity contribution in [2.24, 2.45) is 0 Å². The van der Waals surface area contributed by atoms with Crippen molar-refractivity contribution >= 4 is 17.9 Å². The van der Waals surface area contributed by atoms with Gasteiger partial charge in [0.05, 0.1) is 6.61 Å². The largest absolute Gasteiger partial charge is 0.463 e. The predicted molar refractivity (Wildman–Crippen MR) is 62.4 cm³/mol. The van der Waals surface area contributed by atoms with E-state index in [1.165, 1.54) is 6.92 Å². The van der Waals surface area contributed by atoms with E-state index in [0.717, 1.165) is 13.8 Å². The van der Waals surface area contributed by atoms with E-state index >= 15 is 0 Å². The van der Waals surface area contributed by atoms with Crippen LogP contribution in [0.15, 0.2) is 0 Å². The van der Waals surface area contributed by atoms with E-state index in [0.29, 0.717) is 0 Å². The molecule has 8 heteroatoms. The quantitative estimate of drug-likeness (QED) is 0.526. The first kappa shape index (κ1) is 16.4. The van der Waals surface area contributed by atoms with Crippen LogP contribution in [0.4, 0.5) is 4.39 Å². The summed E-state index contributed by atoms with van der Waals surface area (Å²) in [6.45, 7) is 1.82. The lowest BCUT2D eigenvalue weighted by molar-refractivity contribution is -0.178. The molecular weight excluding hydrogens is 275 g/mol. The molecule has 0 aromatic carbocycles. The van der Waals surface area contributed by atoms with Crippen molar-refractivity contribution in [1.82, 2.24) is 0 Å². The Balaban J connectivity index is 2.92. The lowest BCUT2D eigenvalue weighted by Crippen LogP contribution is -2.52. The molecule has 1 aliphatic heterocycles. The topological polar surface area (TPSA) is 88.1 Å². The van der Waals surface area contributed by atoms with Gasteiger partial charge in [-0.1, -0.05) is 0 Å². The molecule has 0 N–H and O–H groups in total. The number of rotatable bonds is 5. The molecule has 114 valence electrons. The van der Waals surface area contributed by atoms with Gasteiger partial charge in [-0.05, 0) is 0 Å². The summed E-state index contributed by atoms with van der Waals surface area (Å²) in [5, 5.41) is 0. The van der Waals surface area contributed by atoms with Gasteiger partial charge in [0.15, 0.2) is 17.8 Å². The molecule has 0 saturated carbocycles. The molecule has 1 aliphatic rings. The molecule has 1 fully saturated rings. The number of carbonyl (C=O) groups excluding carboxylic acids is 3. The van der Waals surface area contributed by atoms with Gasteiger partial charge in [-0.2, -0.15) is 0 Å². The van der Waals surface area contributed by atoms with Crippen LogP contribution >= 0.6 is 0 Å². The molecule has 0 spiro atoms. The van der Waals surface area contributed by atoms with Crippen LogP contribution in [0.3, 0.4) is 0 Å². The Labute approximate surface area is 115 Å². The van der Waals surface area contributed by atoms with Crippen molar-refractivity contribution in [2.45, 2.75) is 38.6 Å². The Morgan fingerprint density at radius 3 is 2.20 bits per heavy atom. The third-order valence-electron chi connectivity index (χ3n) is 2.75. The number of hydrogen-bond donors (Lipinski definition) is 0. The standard InChI is InChI=1S/C12H17FO7/c1-7(14)17-6-12(5-13)11(20-9(3)16)10(4-18-12)19-8(2)15/h10-11H,4-6H2,1-3H3/t10-,11-,12+/m0/s1. The van der Waals surface area contributed by atoms with Crippen LogP contribution in [0, 0.1) is 0 Å². The van der Waals surface area contributed by atoms with Crippen molar-refractivity contribution in [1.29, 1.82) is 0 Å². The number of carbonyl (C=O) groups is 3. The number of halogens is 1. The molecule has 1 saturated heterocycles. The summed E-state index contributed by atoms with van der Waals surface area (Å²) >= 11 is 0. The summed E-state index contributed by atoms with van der Waals surface area (Å²) in [4.78, 5) is 33.0. The van der Waals surface area contributed by atoms with Crippen LogP contribution in [0.1, 0.15) is 20.8 Å². The molecular formula is C12H17FO7. The predicted octanol–water partition coefficient (Wildman–Crippen LogP) is 0.151. The molecule has 20 heavy (non-hydrogen) atoms. The lowest BCUT2D eigenvalue weighted by atomic mass is 9.97. The van der Waals surface area contributed by atoms with Crippen LogP contribution in [0.25, 0.3) is 0 Å². The SMILES string of the molecule is CC(=O)OC[C@@]1(CF)OC[C@H](OC(C)=O)[C@@H]1OC(C)=O. The first-order valence-corrected chi connectivity index (χ1v) is 5.98. The number of alkyl halides is 1. The number of esters is 3. The van der Waals surface area contributed by atoms with Gasteiger partial charge in [0.1, 0.15) is 13.3 Å². The van der Waals surface area contributed by atoms with Crippen molar-refractivity contribution in [3.8, 4) is 0 Å². The smallest absolute Gasteiger partial charge is 0.303 e. The highest BCUT2D eigenvalue weighted by molar-refractivity contribution is 5.68. The molecule has 0 aromatic heterocycles. The first-order valence-electron chi connectivity index (χ1n) is 5.98. The fourth-order valence-electron chi connectivity index (χ4n) is 1.93. The second-order valence-electron chi connectivity index (χ2n) is 4.47. The maximum absolute atomic E-state index is 13.4. The Bertz CT molecular complexity index is 397. The average Bonchev–Trinajstić information content (AvgIpc) is 2.65. The van der Waals surface area contributed by atoms with Crippen LogP contribution in [0.2, 0.25) is 0 Å². The van der Waals surface area contributed by atoms with Crippen molar-refractivity contribution in [2.75, 3.05) is 19.9 Å². The molecule has 0 unspecified atom stereocenters. The van der Waals surface area contributed by atoms with E-state index in [1.54, 1.807) is 0 Å². The molecule has 0 radical (unpaired) electrons. The maximum atomic E-state index is 13.4. The van der Waals surface area contributed by atoms with Gasteiger partial charge in [0.25, 0.3) is 0 Å². The van der Waals surface area contributed by atoms with Gasteiger partial charge in [0.2, 0.25) is 0 Å². The average molecular weight is 292 g/mol. The minimum absolute atomic E-state index is 0.150. The molecule has 7 nitrogen and oxygen atoms in total. The summed E-state index contributed by atoms with van der Waals surface area (Å²) in [7, 11) is 0. The molecule has 0 aromatic rings. The summed E-state index contributed by atoms with van der Waals surface area (Å²) in [5.41, 5.74) is -1.66. The van der Waals surface area contributed by atoms with E-state index in [1.807, 2.05) is 0 Å². The summed E-state index contributed by atoms with van der Waals surface area (Å²) < 4.78 is 33.3. The highest BCUT2D eigenvalue weighted by Crippen LogP contribution is 2.32. The normalized spacial score (nSPS) is 28.8. The van der Waals surface area contributed by atoms with Gasteiger partial charge in [-0.25, -0.2) is 4.39 Å². The Kier molecular flexibility index (Phi) is 5.43. The molecule has 1 rings (SSSR count). The van der Waals surface area contributed by atoms with E-state index < -0.39 is 49.0 Å². The molecule has 0 amide bonds. The molecule has 0 aliphatic carbocycles. The Morgan fingerprint density at radius 1 is 1.15 bits per heavy atom. The maximum Gasteiger partial charge on any atom is 0.303 e. The van der Waals surface area contributed by atoms with E-state index in [9.17, 15) is 18.8 Å². The van der Waals surface area contributed by atoms with Crippen molar-refractivity contribution in [3.05, 3.63) is 0 Å². The van der Waals surface area contributed by atoms with Gasteiger partial charge in [-0.3, -0.25) is 14.4 Å². The van der Waals surface area contributed by atoms with Crippen molar-refractivity contribution < 1.29 is 37.7 Å². The van der Waals surface area contributed by atoms with E-state index in [2.05, 4.69) is 0 Å². The zero-order valence-corrected chi connectivity index (χ0v) is 11.5. The zero-order chi connectivity index (χ0) is 15.3. The second kappa shape index (κ2) is 6.65. The number of ether oxygens (including phenoxy) is 4. The second-order valence-corrected chi connectivity index (χ2v) is 4.47. The minimum atomic E-state index is -1.66. The highest BCUT2D eigenvalue weighted by atomic mass is 19.1. The first-order chi connectivity index (χ1) is 9.30. The number of hydrogen-bond acceptors (Lipinski definition) is 7. The van der Waals surface area contributed by atoms with Crippen LogP contribution < -0.4 is 0 Å². The van der Waals surface area contributed by atoms with Crippen LogP contribution in [-0.2, 0) is 33.3 Å². The highest BCUT2D eigenvalue weighted by Gasteiger charge is 2.55. The summed E-state index contributed by atoms with van der Waals surface area (Å²) in [5.74, 6) is -1.92. The minimum Gasteiger partial charge on any atom is -0.463 e. The van der Waals surface area contributed by atoms with Crippen LogP contribution in [-0.4, -0.2) is 55.6 Å².